The Morgan fingerprint density at radius 3 is 2.29 bits per heavy atom. The molecule has 0 bridgehead atoms. The van der Waals surface area contributed by atoms with Gasteiger partial charge in [0.1, 0.15) is 0 Å². The van der Waals surface area contributed by atoms with E-state index >= 15 is 0 Å². The molecule has 0 atom stereocenters. The summed E-state index contributed by atoms with van der Waals surface area (Å²) >= 11 is 3.42. The molecule has 94 valence electrons. The van der Waals surface area contributed by atoms with E-state index in [1.54, 1.807) is 0 Å². The highest BCUT2D eigenvalue weighted by Gasteiger charge is 2.64. The number of nitrogens with two attached hydrogens (primary N) is 1. The van der Waals surface area contributed by atoms with Crippen LogP contribution in [0.1, 0.15) is 33.3 Å². The van der Waals surface area contributed by atoms with Crippen LogP contribution in [0.2, 0.25) is 0 Å². The monoisotopic (exact) mass is 296 g/mol. The van der Waals surface area contributed by atoms with Gasteiger partial charge in [-0.2, -0.15) is 0 Å². The van der Waals surface area contributed by atoms with E-state index in [0.29, 0.717) is 16.9 Å². The lowest BCUT2D eigenvalue weighted by Crippen LogP contribution is -2.22. The number of hydrogen-bond acceptors (Lipinski definition) is 2. The molecule has 17 heavy (non-hydrogen) atoms. The van der Waals surface area contributed by atoms with Gasteiger partial charge in [-0.05, 0) is 28.5 Å². The molecule has 0 radical (unpaired) electrons. The lowest BCUT2D eigenvalue weighted by atomic mass is 10.0. The van der Waals surface area contributed by atoms with Crippen molar-refractivity contribution in [2.45, 2.75) is 40.3 Å². The molecule has 1 aromatic rings. The van der Waals surface area contributed by atoms with Crippen molar-refractivity contribution in [3.63, 3.8) is 0 Å². The molecular weight excluding hydrogens is 276 g/mol. The van der Waals surface area contributed by atoms with E-state index in [4.69, 9.17) is 5.73 Å². The van der Waals surface area contributed by atoms with Crippen molar-refractivity contribution in [1.82, 2.24) is 5.32 Å². The van der Waals surface area contributed by atoms with Gasteiger partial charge in [0.25, 0.3) is 0 Å². The summed E-state index contributed by atoms with van der Waals surface area (Å²) in [5.74, 6) is 0. The smallest absolute Gasteiger partial charge is 0.0370 e. The summed E-state index contributed by atoms with van der Waals surface area (Å²) in [5, 5.41) is 3.62. The molecule has 0 saturated heterocycles. The number of hydrogen-bond donors (Lipinski definition) is 2. The van der Waals surface area contributed by atoms with E-state index in [9.17, 15) is 0 Å². The molecule has 1 saturated carbocycles. The lowest BCUT2D eigenvalue weighted by molar-refractivity contribution is 0.457. The van der Waals surface area contributed by atoms with Crippen molar-refractivity contribution in [3.05, 3.63) is 28.2 Å². The zero-order valence-corrected chi connectivity index (χ0v) is 12.6. The van der Waals surface area contributed by atoms with Gasteiger partial charge in [-0.25, -0.2) is 0 Å². The SMILES string of the molecule is CC1(C)C(NCc2ccc(Br)cc2N)C1(C)C. The third kappa shape index (κ3) is 2.11. The molecule has 1 aliphatic carbocycles. The molecule has 1 aliphatic rings. The Balaban J connectivity index is 2.00. The molecule has 0 aliphatic heterocycles. The minimum Gasteiger partial charge on any atom is -0.398 e. The fourth-order valence-corrected chi connectivity index (χ4v) is 3.02. The Labute approximate surface area is 112 Å². The third-order valence-corrected chi connectivity index (χ3v) is 5.12. The van der Waals surface area contributed by atoms with Gasteiger partial charge in [-0.15, -0.1) is 0 Å². The van der Waals surface area contributed by atoms with Crippen LogP contribution in [0.4, 0.5) is 5.69 Å². The first-order valence-corrected chi connectivity index (χ1v) is 6.83. The maximum atomic E-state index is 5.99. The van der Waals surface area contributed by atoms with Crippen LogP contribution in [-0.2, 0) is 6.54 Å². The van der Waals surface area contributed by atoms with Crippen LogP contribution in [-0.4, -0.2) is 6.04 Å². The van der Waals surface area contributed by atoms with Crippen molar-refractivity contribution >= 4 is 21.6 Å². The second-order valence-electron chi connectivity index (χ2n) is 6.10. The van der Waals surface area contributed by atoms with Gasteiger partial charge in [-0.3, -0.25) is 0 Å². The largest absolute Gasteiger partial charge is 0.398 e. The number of rotatable bonds is 3. The highest BCUT2D eigenvalue weighted by molar-refractivity contribution is 9.10. The molecule has 2 rings (SSSR count). The zero-order chi connectivity index (χ0) is 12.8. The van der Waals surface area contributed by atoms with Crippen molar-refractivity contribution in [3.8, 4) is 0 Å². The molecule has 3 N–H and O–H groups in total. The van der Waals surface area contributed by atoms with E-state index in [1.807, 2.05) is 12.1 Å². The molecule has 2 nitrogen and oxygen atoms in total. The molecule has 0 heterocycles. The maximum Gasteiger partial charge on any atom is 0.0370 e. The summed E-state index contributed by atoms with van der Waals surface area (Å²) in [6.45, 7) is 10.1. The van der Waals surface area contributed by atoms with Gasteiger partial charge in [0.2, 0.25) is 0 Å². The zero-order valence-electron chi connectivity index (χ0n) is 11.0. The van der Waals surface area contributed by atoms with Crippen LogP contribution in [0.25, 0.3) is 0 Å². The second kappa shape index (κ2) is 3.99. The number of benzene rings is 1. The number of halogens is 1. The fraction of sp³-hybridized carbons (Fsp3) is 0.571. The quantitative estimate of drug-likeness (QED) is 0.837. The van der Waals surface area contributed by atoms with Crippen LogP contribution in [0.3, 0.4) is 0 Å². The minimum absolute atomic E-state index is 0.372. The molecule has 1 aromatic carbocycles. The van der Waals surface area contributed by atoms with Gasteiger partial charge in [0.05, 0.1) is 0 Å². The molecule has 1 fully saturated rings. The lowest BCUT2D eigenvalue weighted by Gasteiger charge is -2.09. The molecule has 0 spiro atoms. The average Bonchev–Trinajstić information content (AvgIpc) is 2.58. The van der Waals surface area contributed by atoms with Crippen molar-refractivity contribution in [1.29, 1.82) is 0 Å². The molecule has 0 amide bonds. The summed E-state index contributed by atoms with van der Waals surface area (Å²) in [4.78, 5) is 0. The van der Waals surface area contributed by atoms with Gasteiger partial charge in [-0.1, -0.05) is 49.7 Å². The molecular formula is C14H21BrN2. The maximum absolute atomic E-state index is 5.99. The van der Waals surface area contributed by atoms with Crippen LogP contribution < -0.4 is 11.1 Å². The van der Waals surface area contributed by atoms with E-state index in [2.05, 4.69) is 55.0 Å². The first-order chi connectivity index (χ1) is 7.76. The Hall–Kier alpha value is -0.540. The standard InChI is InChI=1S/C14H21BrN2/c1-13(2)12(14(13,3)4)17-8-9-5-6-10(15)7-11(9)16/h5-7,12,17H,8,16H2,1-4H3. The van der Waals surface area contributed by atoms with Crippen LogP contribution in [0.15, 0.2) is 22.7 Å². The van der Waals surface area contributed by atoms with E-state index in [-0.39, 0.29) is 0 Å². The molecule has 0 unspecified atom stereocenters. The number of anilines is 1. The van der Waals surface area contributed by atoms with Gasteiger partial charge < -0.3 is 11.1 Å². The predicted molar refractivity (Wildman–Crippen MR) is 76.7 cm³/mol. The van der Waals surface area contributed by atoms with E-state index in [1.165, 1.54) is 5.56 Å². The van der Waals surface area contributed by atoms with Crippen LogP contribution in [0, 0.1) is 10.8 Å². The minimum atomic E-state index is 0.372. The molecule has 0 aromatic heterocycles. The van der Waals surface area contributed by atoms with Gasteiger partial charge >= 0.3 is 0 Å². The Kier molecular flexibility index (Phi) is 3.03. The first-order valence-electron chi connectivity index (χ1n) is 6.04. The first kappa shape index (κ1) is 12.9. The molecule has 3 heteroatoms. The van der Waals surface area contributed by atoms with Crippen LogP contribution >= 0.6 is 15.9 Å². The highest BCUT2D eigenvalue weighted by Crippen LogP contribution is 2.62. The van der Waals surface area contributed by atoms with Gasteiger partial charge in [0, 0.05) is 22.7 Å². The summed E-state index contributed by atoms with van der Waals surface area (Å²) in [7, 11) is 0. The summed E-state index contributed by atoms with van der Waals surface area (Å²) in [6, 6.07) is 6.64. The Morgan fingerprint density at radius 1 is 1.24 bits per heavy atom. The number of nitrogen functional groups attached to an aromatic ring is 1. The average molecular weight is 297 g/mol. The van der Waals surface area contributed by atoms with Crippen molar-refractivity contribution in [2.24, 2.45) is 10.8 Å². The second-order valence-corrected chi connectivity index (χ2v) is 7.02. The Bertz CT molecular complexity index is 424. The summed E-state index contributed by atoms with van der Waals surface area (Å²) in [5.41, 5.74) is 8.76. The van der Waals surface area contributed by atoms with Gasteiger partial charge in [0.15, 0.2) is 0 Å². The van der Waals surface area contributed by atoms with Crippen molar-refractivity contribution < 1.29 is 0 Å². The Morgan fingerprint density at radius 2 is 1.82 bits per heavy atom. The van der Waals surface area contributed by atoms with Crippen molar-refractivity contribution in [2.75, 3.05) is 5.73 Å². The third-order valence-electron chi connectivity index (χ3n) is 4.63. The fourth-order valence-electron chi connectivity index (χ4n) is 2.65. The van der Waals surface area contributed by atoms with E-state index < -0.39 is 0 Å². The summed E-state index contributed by atoms with van der Waals surface area (Å²) in [6.07, 6.45) is 0. The number of nitrogens with one attached hydrogen (secondary N) is 1. The van der Waals surface area contributed by atoms with Crippen LogP contribution in [0.5, 0.6) is 0 Å². The topological polar surface area (TPSA) is 38.0 Å². The van der Waals surface area contributed by atoms with E-state index in [0.717, 1.165) is 16.7 Å². The summed E-state index contributed by atoms with van der Waals surface area (Å²) < 4.78 is 1.03. The highest BCUT2D eigenvalue weighted by atomic mass is 79.9. The predicted octanol–water partition coefficient (Wildman–Crippen LogP) is 3.56. The normalized spacial score (nSPS) is 21.5.